The Labute approximate surface area is 245 Å². The van der Waals surface area contributed by atoms with E-state index >= 15 is 0 Å². The third kappa shape index (κ3) is 18.6. The number of nitrogens with zero attached hydrogens (tertiary/aromatic N) is 10. The van der Waals surface area contributed by atoms with E-state index in [1.54, 1.807) is 48.8 Å². The molecule has 4 rings (SSSR count). The molecule has 4 aromatic rings. The van der Waals surface area contributed by atoms with Crippen molar-refractivity contribution in [3.05, 3.63) is 48.8 Å². The van der Waals surface area contributed by atoms with Crippen LogP contribution in [0.5, 0.6) is 0 Å². The largest absolute Gasteiger partial charge is 1.00 e. The summed E-state index contributed by atoms with van der Waals surface area (Å²) >= 11 is 0. The Balaban J connectivity index is 0. The molecule has 0 aliphatic carbocycles. The molecule has 0 saturated carbocycles. The summed E-state index contributed by atoms with van der Waals surface area (Å²) in [5.74, 6) is 1.15. The van der Waals surface area contributed by atoms with Gasteiger partial charge in [-0.2, -0.15) is 40.4 Å². The topological polar surface area (TPSA) is 347 Å². The Morgan fingerprint density at radius 2 is 0.850 bits per heavy atom. The van der Waals surface area contributed by atoms with Gasteiger partial charge in [0.15, 0.2) is 11.6 Å². The summed E-state index contributed by atoms with van der Waals surface area (Å²) < 4.78 is 34.0. The molecule has 4 heterocycles. The number of nitrogen functional groups attached to an aromatic ring is 4. The van der Waals surface area contributed by atoms with Crippen LogP contribution in [0.2, 0.25) is 0 Å². The Hall–Kier alpha value is -4.63. The standard InChI is InChI=1S/2C8H8N6.2C2H3N.Ag.ClHO4/c2*9-7-12-6(13-8(10)14-7)5-3-1-2-4-11-5;2*1-2-3;;2-1(3,4)5/h2*1-4H,(H4,9,10,12,13,14);2*1H3;;(H,2,3,4,5)/q;;;;+1;/p-1. The number of hydrogen-bond donors (Lipinski definition) is 4. The second kappa shape index (κ2) is 20.3. The summed E-state index contributed by atoms with van der Waals surface area (Å²) in [6.45, 7) is 2.86. The van der Waals surface area contributed by atoms with Gasteiger partial charge in [0, 0.05) is 26.2 Å². The summed E-state index contributed by atoms with van der Waals surface area (Å²) in [7, 11) is -4.94. The molecule has 0 unspecified atom stereocenters. The molecule has 8 N–H and O–H groups in total. The van der Waals surface area contributed by atoms with Crippen LogP contribution in [-0.2, 0) is 22.4 Å². The normalized spacial score (nSPS) is 8.90. The van der Waals surface area contributed by atoms with Crippen molar-refractivity contribution in [3.8, 4) is 35.2 Å². The average Bonchev–Trinajstić information content (AvgIpc) is 2.84. The molecule has 0 saturated heterocycles. The van der Waals surface area contributed by atoms with Gasteiger partial charge in [0.1, 0.15) is 11.4 Å². The number of aromatic nitrogens is 8. The fraction of sp³-hybridized carbons (Fsp3) is 0.100. The maximum absolute atomic E-state index is 8.49. The fourth-order valence-electron chi connectivity index (χ4n) is 2.04. The molecular weight excluding hydrogens is 644 g/mol. The predicted octanol–water partition coefficient (Wildman–Crippen LogP) is -3.50. The van der Waals surface area contributed by atoms with Crippen LogP contribution in [0.1, 0.15) is 13.8 Å². The molecule has 214 valence electrons. The van der Waals surface area contributed by atoms with Crippen LogP contribution in [0.3, 0.4) is 0 Å². The van der Waals surface area contributed by atoms with Gasteiger partial charge in [-0.05, 0) is 24.3 Å². The van der Waals surface area contributed by atoms with Gasteiger partial charge in [0.05, 0.1) is 12.1 Å². The van der Waals surface area contributed by atoms with Crippen molar-refractivity contribution in [1.29, 1.82) is 10.5 Å². The first-order valence-electron chi connectivity index (χ1n) is 9.94. The van der Waals surface area contributed by atoms with Gasteiger partial charge in [0.25, 0.3) is 0 Å². The molecule has 0 aliphatic rings. The number of nitrogens with two attached hydrogens (primary N) is 4. The summed E-state index contributed by atoms with van der Waals surface area (Å²) in [4.78, 5) is 31.1. The molecule has 0 fully saturated rings. The van der Waals surface area contributed by atoms with Crippen LogP contribution in [0.15, 0.2) is 48.8 Å². The number of pyridine rings is 2. The van der Waals surface area contributed by atoms with Crippen molar-refractivity contribution in [2.75, 3.05) is 22.9 Å². The van der Waals surface area contributed by atoms with Gasteiger partial charge in [-0.1, -0.05) is 12.1 Å². The van der Waals surface area contributed by atoms with Crippen LogP contribution in [-0.4, -0.2) is 39.9 Å². The van der Waals surface area contributed by atoms with E-state index in [4.69, 9.17) is 52.1 Å². The SMILES string of the molecule is CC#N.CC#N.Nc1nc(N)nc(-c2ccccn2)n1.Nc1nc(N)nc(-c2ccccn2)n1.[Ag+].[O-][Cl+3]([O-])([O-])[O-]. The maximum Gasteiger partial charge on any atom is 1.00 e. The first-order chi connectivity index (χ1) is 18.3. The number of rotatable bonds is 2. The minimum atomic E-state index is -4.94. The first-order valence-corrected chi connectivity index (χ1v) is 11.2. The van der Waals surface area contributed by atoms with Crippen molar-refractivity contribution in [2.45, 2.75) is 13.8 Å². The minimum Gasteiger partial charge on any atom is -0.368 e. The van der Waals surface area contributed by atoms with E-state index in [-0.39, 0.29) is 46.2 Å². The molecule has 40 heavy (non-hydrogen) atoms. The van der Waals surface area contributed by atoms with Crippen LogP contribution in [0.4, 0.5) is 23.8 Å². The van der Waals surface area contributed by atoms with E-state index in [1.807, 2.05) is 12.1 Å². The van der Waals surface area contributed by atoms with E-state index < -0.39 is 10.2 Å². The average molecular weight is 666 g/mol. The summed E-state index contributed by atoms with van der Waals surface area (Å²) in [6, 6.07) is 14.3. The molecule has 0 atom stereocenters. The van der Waals surface area contributed by atoms with E-state index in [9.17, 15) is 0 Å². The van der Waals surface area contributed by atoms with Crippen molar-refractivity contribution in [1.82, 2.24) is 39.9 Å². The summed E-state index contributed by atoms with van der Waals surface area (Å²) in [5.41, 5.74) is 22.9. The maximum atomic E-state index is 8.49. The zero-order chi connectivity index (χ0) is 29.8. The monoisotopic (exact) mass is 664 g/mol. The van der Waals surface area contributed by atoms with Crippen LogP contribution >= 0.6 is 0 Å². The van der Waals surface area contributed by atoms with Gasteiger partial charge < -0.3 is 22.9 Å². The van der Waals surface area contributed by atoms with E-state index in [0.717, 1.165) is 0 Å². The quantitative estimate of drug-likeness (QED) is 0.151. The van der Waals surface area contributed by atoms with Crippen molar-refractivity contribution < 1.29 is 51.3 Å². The number of hydrogen-bond acceptors (Lipinski definition) is 18. The summed E-state index contributed by atoms with van der Waals surface area (Å²) in [6.07, 6.45) is 3.29. The molecule has 18 nitrogen and oxygen atoms in total. The van der Waals surface area contributed by atoms with Crippen molar-refractivity contribution in [2.24, 2.45) is 0 Å². The predicted molar refractivity (Wildman–Crippen MR) is 126 cm³/mol. The third-order valence-corrected chi connectivity index (χ3v) is 3.13. The zero-order valence-electron chi connectivity index (χ0n) is 20.7. The van der Waals surface area contributed by atoms with Gasteiger partial charge in [-0.25, -0.2) is 18.6 Å². The van der Waals surface area contributed by atoms with Crippen molar-refractivity contribution >= 4 is 23.8 Å². The van der Waals surface area contributed by atoms with E-state index in [1.165, 1.54) is 13.8 Å². The smallest absolute Gasteiger partial charge is 0.368 e. The number of nitriles is 2. The van der Waals surface area contributed by atoms with Crippen molar-refractivity contribution in [3.63, 3.8) is 0 Å². The summed E-state index contributed by atoms with van der Waals surface area (Å²) in [5, 5.41) is 14.6. The van der Waals surface area contributed by atoms with Gasteiger partial charge in [-0.3, -0.25) is 9.97 Å². The molecule has 0 aromatic carbocycles. The van der Waals surface area contributed by atoms with Gasteiger partial charge in [0.2, 0.25) is 23.8 Å². The van der Waals surface area contributed by atoms with Gasteiger partial charge in [-0.15, -0.1) is 10.2 Å². The molecule has 0 aliphatic heterocycles. The molecule has 20 heteroatoms. The molecule has 0 radical (unpaired) electrons. The number of halogens is 1. The Bertz CT molecular complexity index is 1210. The van der Waals surface area contributed by atoms with Crippen LogP contribution in [0, 0.1) is 32.9 Å². The molecular formula is C20H22AgClN14O4. The van der Waals surface area contributed by atoms with E-state index in [0.29, 0.717) is 23.0 Å². The van der Waals surface area contributed by atoms with E-state index in [2.05, 4.69) is 39.9 Å². The van der Waals surface area contributed by atoms with Crippen LogP contribution < -0.4 is 41.6 Å². The second-order valence-corrected chi connectivity index (χ2v) is 6.76. The minimum absolute atomic E-state index is 0. The molecule has 4 aromatic heterocycles. The Kier molecular flexibility index (Phi) is 19.1. The molecule has 0 spiro atoms. The first kappa shape index (κ1) is 37.5. The van der Waals surface area contributed by atoms with Gasteiger partial charge >= 0.3 is 22.4 Å². The second-order valence-electron chi connectivity index (χ2n) is 6.01. The number of anilines is 4. The Morgan fingerprint density at radius 3 is 1.05 bits per heavy atom. The molecule has 0 amide bonds. The zero-order valence-corrected chi connectivity index (χ0v) is 23.0. The molecule has 0 bridgehead atoms. The van der Waals surface area contributed by atoms with Crippen LogP contribution in [0.25, 0.3) is 23.0 Å². The Morgan fingerprint density at radius 1 is 0.600 bits per heavy atom. The third-order valence-electron chi connectivity index (χ3n) is 3.13. The fourth-order valence-corrected chi connectivity index (χ4v) is 2.04.